The molecule has 0 fully saturated rings. The van der Waals surface area contributed by atoms with E-state index in [1.54, 1.807) is 0 Å². The minimum absolute atomic E-state index is 0.0231. The Bertz CT molecular complexity index is 3240. The zero-order valence-corrected chi connectivity index (χ0v) is 37.9. The molecule has 2 aliphatic carbocycles. The molecule has 0 amide bonds. The predicted molar refractivity (Wildman–Crippen MR) is 265 cm³/mol. The molecule has 5 aliphatic rings. The summed E-state index contributed by atoms with van der Waals surface area (Å²) in [6.45, 7) is 19.4. The quantitative estimate of drug-likeness (QED) is 0.152. The average molecular weight is 819 g/mol. The van der Waals surface area contributed by atoms with Gasteiger partial charge in [0, 0.05) is 43.2 Å². The second kappa shape index (κ2) is 12.0. The molecule has 4 heterocycles. The standard InChI is InChI=1S/C58H51BN2S/c1-34-30-45-46(57(7,8)29-28-56(45,5)6)33-48(34)60-49-32-35(55(2,3)4)31-40-38-21-17-25-44-52(38)61(59(51(40)49)54-53(60)39-20-11-16-27-50(39)62-54)47-26-15-14-24-43(47)58(44)41-22-12-9-18-36(41)37-19-10-13-23-42(37)58/h9-27,30-33H,28-29H2,1-8H3. The van der Waals surface area contributed by atoms with Crippen LogP contribution in [0.15, 0.2) is 140 Å². The molecule has 7 aromatic carbocycles. The Hall–Kier alpha value is -5.84. The van der Waals surface area contributed by atoms with Crippen molar-refractivity contribution in [2.75, 3.05) is 9.71 Å². The normalized spacial score (nSPS) is 17.5. The predicted octanol–water partition coefficient (Wildman–Crippen LogP) is 14.2. The van der Waals surface area contributed by atoms with Crippen molar-refractivity contribution in [1.82, 2.24) is 0 Å². The first kappa shape index (κ1) is 36.8. The highest BCUT2D eigenvalue weighted by Gasteiger charge is 2.57. The average Bonchev–Trinajstić information content (AvgIpc) is 3.79. The molecule has 302 valence electrons. The Kier molecular flexibility index (Phi) is 7.12. The second-order valence-corrected chi connectivity index (χ2v) is 22.2. The van der Waals surface area contributed by atoms with Crippen molar-refractivity contribution in [1.29, 1.82) is 0 Å². The highest BCUT2D eigenvalue weighted by atomic mass is 32.1. The van der Waals surface area contributed by atoms with Crippen LogP contribution in [0, 0.1) is 6.92 Å². The van der Waals surface area contributed by atoms with Gasteiger partial charge in [-0.05, 0) is 127 Å². The minimum Gasteiger partial charge on any atom is -0.375 e. The fraction of sp³-hybridized carbons (Fsp3) is 0.241. The molecule has 8 aromatic rings. The molecule has 1 aromatic heterocycles. The molecule has 3 aliphatic heterocycles. The van der Waals surface area contributed by atoms with E-state index >= 15 is 0 Å². The van der Waals surface area contributed by atoms with Crippen molar-refractivity contribution < 1.29 is 0 Å². The van der Waals surface area contributed by atoms with E-state index in [1.165, 1.54) is 128 Å². The fourth-order valence-electron chi connectivity index (χ4n) is 12.6. The molecule has 0 bridgehead atoms. The summed E-state index contributed by atoms with van der Waals surface area (Å²) in [6.07, 6.45) is 2.39. The van der Waals surface area contributed by atoms with Crippen LogP contribution >= 0.6 is 11.3 Å². The Labute approximate surface area is 371 Å². The molecular weight excluding hydrogens is 768 g/mol. The van der Waals surface area contributed by atoms with Crippen LogP contribution in [0.4, 0.5) is 28.4 Å². The van der Waals surface area contributed by atoms with Crippen LogP contribution in [0.3, 0.4) is 0 Å². The number of rotatable bonds is 1. The van der Waals surface area contributed by atoms with Crippen LogP contribution in [0.25, 0.3) is 32.3 Å². The summed E-state index contributed by atoms with van der Waals surface area (Å²) in [4.78, 5) is 5.51. The fourth-order valence-corrected chi connectivity index (χ4v) is 13.9. The van der Waals surface area contributed by atoms with Crippen molar-refractivity contribution in [3.8, 4) is 22.3 Å². The number of hydrogen-bond donors (Lipinski definition) is 0. The summed E-state index contributed by atoms with van der Waals surface area (Å²) in [5, 5.41) is 1.33. The molecule has 0 atom stereocenters. The number of thiophene rings is 1. The monoisotopic (exact) mass is 818 g/mol. The molecule has 0 radical (unpaired) electrons. The molecule has 62 heavy (non-hydrogen) atoms. The number of benzene rings is 7. The first-order valence-electron chi connectivity index (χ1n) is 22.7. The van der Waals surface area contributed by atoms with Crippen LogP contribution < -0.4 is 20.0 Å². The molecule has 0 unspecified atom stereocenters. The lowest BCUT2D eigenvalue weighted by Crippen LogP contribution is -2.62. The first-order valence-corrected chi connectivity index (χ1v) is 23.5. The summed E-state index contributed by atoms with van der Waals surface area (Å²) < 4.78 is 2.75. The maximum absolute atomic E-state index is 2.79. The van der Waals surface area contributed by atoms with Crippen LogP contribution in [-0.4, -0.2) is 6.85 Å². The van der Waals surface area contributed by atoms with Crippen LogP contribution in [0.5, 0.6) is 0 Å². The third-order valence-corrected chi connectivity index (χ3v) is 17.0. The van der Waals surface area contributed by atoms with Gasteiger partial charge in [-0.15, -0.1) is 11.3 Å². The summed E-state index contributed by atoms with van der Waals surface area (Å²) in [7, 11) is 0. The van der Waals surface area contributed by atoms with Gasteiger partial charge in [-0.1, -0.05) is 164 Å². The molecule has 2 nitrogen and oxygen atoms in total. The van der Waals surface area contributed by atoms with Gasteiger partial charge in [-0.2, -0.15) is 0 Å². The smallest absolute Gasteiger partial charge is 0.343 e. The Balaban J connectivity index is 1.19. The number of fused-ring (bicyclic) bond motifs is 16. The van der Waals surface area contributed by atoms with Crippen molar-refractivity contribution in [3.63, 3.8) is 0 Å². The van der Waals surface area contributed by atoms with Gasteiger partial charge in [0.25, 0.3) is 0 Å². The maximum Gasteiger partial charge on any atom is 0.343 e. The molecule has 4 heteroatoms. The summed E-state index contributed by atoms with van der Waals surface area (Å²) >= 11 is 2.00. The number of hydrogen-bond acceptors (Lipinski definition) is 3. The van der Waals surface area contributed by atoms with E-state index in [9.17, 15) is 0 Å². The van der Waals surface area contributed by atoms with E-state index in [1.807, 2.05) is 11.3 Å². The number of nitrogens with zero attached hydrogens (tertiary/aromatic N) is 2. The lowest BCUT2D eigenvalue weighted by Gasteiger charge is -2.52. The van der Waals surface area contributed by atoms with Gasteiger partial charge in [0.2, 0.25) is 0 Å². The molecule has 0 saturated carbocycles. The Morgan fingerprint density at radius 3 is 1.84 bits per heavy atom. The number of anilines is 5. The SMILES string of the molecule is Cc1cc2c(cc1N1c3cc(C(C)(C)C)cc4c3B(c3sc5ccccc5c31)N1c3ccccc3C3(c5ccccc5-c5ccccc53)c3cccc-4c31)C(C)(C)CCC2(C)C. The van der Waals surface area contributed by atoms with Gasteiger partial charge in [-0.25, -0.2) is 0 Å². The van der Waals surface area contributed by atoms with E-state index in [4.69, 9.17) is 0 Å². The van der Waals surface area contributed by atoms with E-state index in [0.29, 0.717) is 0 Å². The van der Waals surface area contributed by atoms with Gasteiger partial charge in [0.15, 0.2) is 0 Å². The van der Waals surface area contributed by atoms with Crippen LogP contribution in [-0.2, 0) is 21.7 Å². The van der Waals surface area contributed by atoms with Crippen molar-refractivity contribution in [2.45, 2.75) is 89.9 Å². The molecule has 0 N–H and O–H groups in total. The van der Waals surface area contributed by atoms with Crippen molar-refractivity contribution in [3.05, 3.63) is 184 Å². The topological polar surface area (TPSA) is 6.48 Å². The first-order chi connectivity index (χ1) is 29.8. The summed E-state index contributed by atoms with van der Waals surface area (Å²) in [6, 6.07) is 54.6. The number of aryl methyl sites for hydroxylation is 1. The molecule has 1 spiro atoms. The highest BCUT2D eigenvalue weighted by molar-refractivity contribution is 7.32. The van der Waals surface area contributed by atoms with E-state index in [2.05, 4.69) is 205 Å². The van der Waals surface area contributed by atoms with Crippen molar-refractivity contribution in [2.24, 2.45) is 0 Å². The third kappa shape index (κ3) is 4.47. The Morgan fingerprint density at radius 2 is 1.13 bits per heavy atom. The summed E-state index contributed by atoms with van der Waals surface area (Å²) in [5.41, 5.74) is 24.3. The Morgan fingerprint density at radius 1 is 0.532 bits per heavy atom. The third-order valence-electron chi connectivity index (χ3n) is 15.8. The van der Waals surface area contributed by atoms with Crippen molar-refractivity contribution >= 4 is 66.9 Å². The van der Waals surface area contributed by atoms with E-state index < -0.39 is 5.41 Å². The summed E-state index contributed by atoms with van der Waals surface area (Å²) in [5.74, 6) is 0. The largest absolute Gasteiger partial charge is 0.375 e. The van der Waals surface area contributed by atoms with Gasteiger partial charge >= 0.3 is 6.85 Å². The molecule has 0 saturated heterocycles. The number of para-hydroxylation sites is 2. The van der Waals surface area contributed by atoms with E-state index in [0.717, 1.165) is 0 Å². The van der Waals surface area contributed by atoms with Gasteiger partial charge in [-0.3, -0.25) is 0 Å². The zero-order valence-electron chi connectivity index (χ0n) is 37.1. The molecular formula is C58H51BN2S. The second-order valence-electron chi connectivity index (χ2n) is 21.1. The maximum atomic E-state index is 2.79. The van der Waals surface area contributed by atoms with Gasteiger partial charge in [0.05, 0.1) is 11.1 Å². The van der Waals surface area contributed by atoms with Crippen LogP contribution in [0.1, 0.15) is 106 Å². The van der Waals surface area contributed by atoms with Gasteiger partial charge in [0.1, 0.15) is 0 Å². The lowest BCUT2D eigenvalue weighted by atomic mass is 9.45. The highest BCUT2D eigenvalue weighted by Crippen LogP contribution is 2.65. The molecule has 13 rings (SSSR count). The lowest BCUT2D eigenvalue weighted by molar-refractivity contribution is 0.332. The van der Waals surface area contributed by atoms with Gasteiger partial charge < -0.3 is 9.71 Å². The minimum atomic E-state index is -0.460. The van der Waals surface area contributed by atoms with Crippen LogP contribution in [0.2, 0.25) is 0 Å². The van der Waals surface area contributed by atoms with E-state index in [-0.39, 0.29) is 23.1 Å². The zero-order chi connectivity index (χ0) is 42.2.